The summed E-state index contributed by atoms with van der Waals surface area (Å²) in [7, 11) is 0. The zero-order valence-corrected chi connectivity index (χ0v) is 16.4. The highest BCUT2D eigenvalue weighted by molar-refractivity contribution is 7.99. The first-order chi connectivity index (χ1) is 12.3. The van der Waals surface area contributed by atoms with E-state index in [4.69, 9.17) is 0 Å². The number of carbonyl (C=O) groups is 2. The molecule has 26 heavy (non-hydrogen) atoms. The predicted octanol–water partition coefficient (Wildman–Crippen LogP) is 2.20. The summed E-state index contributed by atoms with van der Waals surface area (Å²) in [5.74, 6) is -0.361. The van der Waals surface area contributed by atoms with Crippen LogP contribution in [-0.4, -0.2) is 38.2 Å². The van der Waals surface area contributed by atoms with E-state index in [0.29, 0.717) is 21.8 Å². The van der Waals surface area contributed by atoms with Gasteiger partial charge in [0.1, 0.15) is 16.7 Å². The Balaban J connectivity index is 1.64. The minimum Gasteiger partial charge on any atom is -0.480 e. The lowest BCUT2D eigenvalue weighted by molar-refractivity contribution is -0.142. The number of aliphatic carboxylic acids is 1. The predicted molar refractivity (Wildman–Crippen MR) is 103 cm³/mol. The lowest BCUT2D eigenvalue weighted by Crippen LogP contribution is -2.45. The van der Waals surface area contributed by atoms with E-state index in [1.165, 1.54) is 23.1 Å². The molecule has 2 aromatic rings. The maximum atomic E-state index is 12.3. The highest BCUT2D eigenvalue weighted by Gasteiger charge is 2.37. The molecule has 0 aromatic carbocycles. The van der Waals surface area contributed by atoms with E-state index in [1.54, 1.807) is 6.92 Å². The Morgan fingerprint density at radius 1 is 1.42 bits per heavy atom. The standard InChI is InChI=1S/C17H21N3O4S2/c1-7-8(2)26-16-12(7)15(22)18-11(19-16)6-25-9(3)14(21)20-13(17(23)24)10-4-5-10/h9-10,13H,4-6H2,1-3H3,(H,20,21)(H,23,24)(H,18,19,22). The topological polar surface area (TPSA) is 112 Å². The maximum absolute atomic E-state index is 12.3. The molecule has 2 unspecified atom stereocenters. The third kappa shape index (κ3) is 3.93. The Morgan fingerprint density at radius 3 is 2.73 bits per heavy atom. The van der Waals surface area contributed by atoms with Gasteiger partial charge in [0.2, 0.25) is 5.91 Å². The van der Waals surface area contributed by atoms with Gasteiger partial charge < -0.3 is 15.4 Å². The number of hydrogen-bond donors (Lipinski definition) is 3. The number of carboxylic acids is 1. The Morgan fingerprint density at radius 2 is 2.12 bits per heavy atom. The molecule has 1 amide bonds. The minimum absolute atomic E-state index is 0.0411. The van der Waals surface area contributed by atoms with Crippen molar-refractivity contribution in [1.29, 1.82) is 0 Å². The van der Waals surface area contributed by atoms with Crippen LogP contribution >= 0.6 is 23.1 Å². The zero-order valence-electron chi connectivity index (χ0n) is 14.8. The highest BCUT2D eigenvalue weighted by atomic mass is 32.2. The Hall–Kier alpha value is -1.87. The van der Waals surface area contributed by atoms with Crippen LogP contribution in [0.2, 0.25) is 0 Å². The molecular formula is C17H21N3O4S2. The summed E-state index contributed by atoms with van der Waals surface area (Å²) < 4.78 is 0. The second kappa shape index (κ2) is 7.40. The molecule has 1 fully saturated rings. The molecule has 1 aliphatic carbocycles. The molecule has 0 radical (unpaired) electrons. The van der Waals surface area contributed by atoms with Crippen molar-refractivity contribution in [2.45, 2.75) is 50.7 Å². The van der Waals surface area contributed by atoms with Crippen molar-refractivity contribution in [3.63, 3.8) is 0 Å². The van der Waals surface area contributed by atoms with Crippen LogP contribution in [0.4, 0.5) is 0 Å². The van der Waals surface area contributed by atoms with Crippen LogP contribution < -0.4 is 10.9 Å². The second-order valence-electron chi connectivity index (χ2n) is 6.59. The third-order valence-electron chi connectivity index (χ3n) is 4.58. The highest BCUT2D eigenvalue weighted by Crippen LogP contribution is 2.33. The van der Waals surface area contributed by atoms with Crippen LogP contribution in [0.15, 0.2) is 4.79 Å². The van der Waals surface area contributed by atoms with Crippen molar-refractivity contribution < 1.29 is 14.7 Å². The van der Waals surface area contributed by atoms with E-state index in [1.807, 2.05) is 13.8 Å². The monoisotopic (exact) mass is 395 g/mol. The van der Waals surface area contributed by atoms with Gasteiger partial charge in [-0.15, -0.1) is 23.1 Å². The van der Waals surface area contributed by atoms with Gasteiger partial charge in [0.15, 0.2) is 0 Å². The summed E-state index contributed by atoms with van der Waals surface area (Å²) in [5, 5.41) is 12.0. The number of aryl methyl sites for hydroxylation is 2. The molecular weight excluding hydrogens is 374 g/mol. The number of nitrogens with zero attached hydrogens (tertiary/aromatic N) is 1. The molecule has 140 valence electrons. The van der Waals surface area contributed by atoms with Crippen molar-refractivity contribution in [3.8, 4) is 0 Å². The number of aromatic nitrogens is 2. The number of rotatable bonds is 7. The fraction of sp³-hybridized carbons (Fsp3) is 0.529. The van der Waals surface area contributed by atoms with E-state index in [2.05, 4.69) is 15.3 Å². The third-order valence-corrected chi connectivity index (χ3v) is 6.84. The van der Waals surface area contributed by atoms with E-state index in [-0.39, 0.29) is 17.4 Å². The first-order valence-corrected chi connectivity index (χ1v) is 10.3. The van der Waals surface area contributed by atoms with Crippen molar-refractivity contribution >= 4 is 45.2 Å². The van der Waals surface area contributed by atoms with Crippen LogP contribution in [0, 0.1) is 19.8 Å². The Kier molecular flexibility index (Phi) is 5.38. The Labute approximate surface area is 158 Å². The lowest BCUT2D eigenvalue weighted by Gasteiger charge is -2.17. The van der Waals surface area contributed by atoms with Crippen molar-refractivity contribution in [3.05, 3.63) is 26.6 Å². The molecule has 7 nitrogen and oxygen atoms in total. The van der Waals surface area contributed by atoms with E-state index < -0.39 is 17.3 Å². The first-order valence-electron chi connectivity index (χ1n) is 8.41. The number of aromatic amines is 1. The number of thiophene rings is 1. The zero-order chi connectivity index (χ0) is 19.0. The SMILES string of the molecule is Cc1sc2nc(CSC(C)C(=O)NC(C(=O)O)C3CC3)[nH]c(=O)c2c1C. The summed E-state index contributed by atoms with van der Waals surface area (Å²) in [6, 6.07) is -0.808. The van der Waals surface area contributed by atoms with Gasteiger partial charge in [-0.2, -0.15) is 0 Å². The van der Waals surface area contributed by atoms with Crippen LogP contribution in [0.25, 0.3) is 10.2 Å². The van der Waals surface area contributed by atoms with E-state index in [9.17, 15) is 19.5 Å². The van der Waals surface area contributed by atoms with E-state index >= 15 is 0 Å². The van der Waals surface area contributed by atoms with Gasteiger partial charge in [-0.1, -0.05) is 0 Å². The van der Waals surface area contributed by atoms with Crippen LogP contribution in [0.1, 0.15) is 36.0 Å². The van der Waals surface area contributed by atoms with Crippen molar-refractivity contribution in [1.82, 2.24) is 15.3 Å². The lowest BCUT2D eigenvalue weighted by atomic mass is 10.2. The number of nitrogens with one attached hydrogen (secondary N) is 2. The summed E-state index contributed by atoms with van der Waals surface area (Å²) in [5.41, 5.74) is 0.787. The van der Waals surface area contributed by atoms with Gasteiger partial charge in [0, 0.05) is 4.88 Å². The Bertz CT molecular complexity index is 917. The quantitative estimate of drug-likeness (QED) is 0.663. The van der Waals surface area contributed by atoms with Gasteiger partial charge in [-0.05, 0) is 45.1 Å². The van der Waals surface area contributed by atoms with Crippen molar-refractivity contribution in [2.75, 3.05) is 0 Å². The molecule has 1 aliphatic rings. The van der Waals surface area contributed by atoms with Gasteiger partial charge in [-0.3, -0.25) is 9.59 Å². The van der Waals surface area contributed by atoms with Gasteiger partial charge in [0.05, 0.1) is 16.4 Å². The molecule has 3 N–H and O–H groups in total. The molecule has 2 atom stereocenters. The number of H-pyrrole nitrogens is 1. The summed E-state index contributed by atoms with van der Waals surface area (Å²) in [6.45, 7) is 5.59. The largest absolute Gasteiger partial charge is 0.480 e. The summed E-state index contributed by atoms with van der Waals surface area (Å²) in [6.07, 6.45) is 1.67. The summed E-state index contributed by atoms with van der Waals surface area (Å²) in [4.78, 5) is 44.8. The molecule has 0 aliphatic heterocycles. The number of thioether (sulfide) groups is 1. The molecule has 3 rings (SSSR count). The minimum atomic E-state index is -0.988. The van der Waals surface area contributed by atoms with Crippen LogP contribution in [-0.2, 0) is 15.3 Å². The smallest absolute Gasteiger partial charge is 0.326 e. The molecule has 0 spiro atoms. The van der Waals surface area contributed by atoms with Crippen LogP contribution in [0.5, 0.6) is 0 Å². The fourth-order valence-corrected chi connectivity index (χ4v) is 4.54. The van der Waals surface area contributed by atoms with Gasteiger partial charge >= 0.3 is 5.97 Å². The molecule has 0 saturated heterocycles. The molecule has 0 bridgehead atoms. The number of hydrogen-bond acceptors (Lipinski definition) is 6. The molecule has 2 heterocycles. The number of fused-ring (bicyclic) bond motifs is 1. The fourth-order valence-electron chi connectivity index (χ4n) is 2.73. The normalized spacial score (nSPS) is 16.4. The van der Waals surface area contributed by atoms with Gasteiger partial charge in [0.25, 0.3) is 5.56 Å². The average molecular weight is 396 g/mol. The van der Waals surface area contributed by atoms with Crippen molar-refractivity contribution in [2.24, 2.45) is 5.92 Å². The maximum Gasteiger partial charge on any atom is 0.326 e. The van der Waals surface area contributed by atoms with Crippen LogP contribution in [0.3, 0.4) is 0 Å². The molecule has 1 saturated carbocycles. The molecule has 2 aromatic heterocycles. The first kappa shape index (κ1) is 18.9. The number of carboxylic acid groups (broad SMARTS) is 1. The summed E-state index contributed by atoms with van der Waals surface area (Å²) >= 11 is 2.80. The molecule has 9 heteroatoms. The van der Waals surface area contributed by atoms with E-state index in [0.717, 1.165) is 23.3 Å². The number of carbonyl (C=O) groups excluding carboxylic acids is 1. The van der Waals surface area contributed by atoms with Gasteiger partial charge in [-0.25, -0.2) is 9.78 Å². The number of amides is 1. The second-order valence-corrected chi connectivity index (χ2v) is 9.12. The average Bonchev–Trinajstić information content (AvgIpc) is 3.36.